The van der Waals surface area contributed by atoms with Crippen molar-refractivity contribution in [3.8, 4) is 11.6 Å². The molecule has 2 amide bonds. The molecule has 2 N–H and O–H groups in total. The minimum Gasteiger partial charge on any atom is -0.476 e. The summed E-state index contributed by atoms with van der Waals surface area (Å²) in [4.78, 5) is 38.1. The highest BCUT2D eigenvalue weighted by Crippen LogP contribution is 2.28. The molecule has 1 aromatic carbocycles. The second-order valence-corrected chi connectivity index (χ2v) is 7.64. The summed E-state index contributed by atoms with van der Waals surface area (Å²) in [5.41, 5.74) is 0.436. The molecule has 2 aliphatic rings. The standard InChI is InChI=1S/C21H24N4O5/c26-18(24-10-4-7-17(24)20(27)22-12-14-8-9-14)13-30-19-11-16(21(28)29)23-25(19)15-5-2-1-3-6-15/h1-3,5-6,11,14,17H,4,7-10,12-13H2,(H,22,27)(H,28,29). The van der Waals surface area contributed by atoms with Gasteiger partial charge in [0.2, 0.25) is 11.8 Å². The summed E-state index contributed by atoms with van der Waals surface area (Å²) in [6.45, 7) is 0.869. The highest BCUT2D eigenvalue weighted by atomic mass is 16.5. The number of rotatable bonds is 8. The van der Waals surface area contributed by atoms with E-state index in [0.29, 0.717) is 31.1 Å². The van der Waals surface area contributed by atoms with E-state index in [0.717, 1.165) is 19.3 Å². The molecule has 2 heterocycles. The van der Waals surface area contributed by atoms with E-state index in [1.54, 1.807) is 29.2 Å². The monoisotopic (exact) mass is 412 g/mol. The molecule has 9 nitrogen and oxygen atoms in total. The molecule has 4 rings (SSSR count). The molecule has 2 aromatic rings. The molecule has 9 heteroatoms. The smallest absolute Gasteiger partial charge is 0.356 e. The highest BCUT2D eigenvalue weighted by Gasteiger charge is 2.35. The first-order valence-corrected chi connectivity index (χ1v) is 10.1. The number of aromatic nitrogens is 2. The highest BCUT2D eigenvalue weighted by molar-refractivity contribution is 5.89. The average Bonchev–Trinajstić information content (AvgIpc) is 3.27. The van der Waals surface area contributed by atoms with Crippen LogP contribution in [0.5, 0.6) is 5.88 Å². The van der Waals surface area contributed by atoms with Crippen LogP contribution in [0.1, 0.15) is 36.2 Å². The topological polar surface area (TPSA) is 114 Å². The maximum Gasteiger partial charge on any atom is 0.356 e. The fourth-order valence-electron chi connectivity index (χ4n) is 3.57. The van der Waals surface area contributed by atoms with Crippen LogP contribution in [0.25, 0.3) is 5.69 Å². The van der Waals surface area contributed by atoms with Gasteiger partial charge < -0.3 is 20.1 Å². The van der Waals surface area contributed by atoms with Crippen molar-refractivity contribution in [2.75, 3.05) is 19.7 Å². The van der Waals surface area contributed by atoms with Crippen LogP contribution in [0.15, 0.2) is 36.4 Å². The molecular formula is C21H24N4O5. The summed E-state index contributed by atoms with van der Waals surface area (Å²) in [6.07, 6.45) is 3.69. The lowest BCUT2D eigenvalue weighted by Gasteiger charge is -2.24. The van der Waals surface area contributed by atoms with Crippen LogP contribution in [-0.2, 0) is 9.59 Å². The number of ether oxygens (including phenoxy) is 1. The summed E-state index contributed by atoms with van der Waals surface area (Å²) in [7, 11) is 0. The lowest BCUT2D eigenvalue weighted by molar-refractivity contribution is -0.140. The molecule has 0 spiro atoms. The molecule has 2 fully saturated rings. The van der Waals surface area contributed by atoms with Crippen molar-refractivity contribution in [3.63, 3.8) is 0 Å². The number of nitrogens with one attached hydrogen (secondary N) is 1. The zero-order valence-electron chi connectivity index (χ0n) is 16.5. The third-order valence-corrected chi connectivity index (χ3v) is 5.38. The number of aromatic carboxylic acids is 1. The maximum absolute atomic E-state index is 12.7. The number of nitrogens with zero attached hydrogens (tertiary/aromatic N) is 3. The SMILES string of the molecule is O=C(O)c1cc(OCC(=O)N2CCCC2C(=O)NCC2CC2)n(-c2ccccc2)n1. The van der Waals surface area contributed by atoms with Crippen molar-refractivity contribution in [2.45, 2.75) is 31.7 Å². The molecule has 158 valence electrons. The first-order chi connectivity index (χ1) is 14.5. The van der Waals surface area contributed by atoms with Gasteiger partial charge in [-0.05, 0) is 43.7 Å². The predicted molar refractivity (Wildman–Crippen MR) is 106 cm³/mol. The summed E-state index contributed by atoms with van der Waals surface area (Å²) < 4.78 is 6.99. The summed E-state index contributed by atoms with van der Waals surface area (Å²) in [6, 6.07) is 9.74. The molecule has 1 aliphatic carbocycles. The number of carbonyl (C=O) groups excluding carboxylic acids is 2. The summed E-state index contributed by atoms with van der Waals surface area (Å²) in [5.74, 6) is -0.884. The molecule has 1 aromatic heterocycles. The molecular weight excluding hydrogens is 388 g/mol. The lowest BCUT2D eigenvalue weighted by atomic mass is 10.2. The van der Waals surface area contributed by atoms with Gasteiger partial charge in [0, 0.05) is 19.2 Å². The van der Waals surface area contributed by atoms with E-state index in [1.165, 1.54) is 10.7 Å². The number of carbonyl (C=O) groups is 3. The Hall–Kier alpha value is -3.36. The van der Waals surface area contributed by atoms with Crippen LogP contribution in [0.4, 0.5) is 0 Å². The van der Waals surface area contributed by atoms with Crippen LogP contribution in [0.3, 0.4) is 0 Å². The Bertz CT molecular complexity index is 938. The van der Waals surface area contributed by atoms with Gasteiger partial charge >= 0.3 is 5.97 Å². The van der Waals surface area contributed by atoms with Crippen LogP contribution in [-0.4, -0.2) is 63.3 Å². The molecule has 0 radical (unpaired) electrons. The van der Waals surface area contributed by atoms with E-state index in [-0.39, 0.29) is 30.0 Å². The molecule has 1 unspecified atom stereocenters. The molecule has 1 saturated heterocycles. The second kappa shape index (κ2) is 8.56. The van der Waals surface area contributed by atoms with E-state index in [9.17, 15) is 19.5 Å². The van der Waals surface area contributed by atoms with Gasteiger partial charge in [0.1, 0.15) is 6.04 Å². The molecule has 0 bridgehead atoms. The van der Waals surface area contributed by atoms with E-state index in [4.69, 9.17) is 4.74 Å². The van der Waals surface area contributed by atoms with Crippen molar-refractivity contribution < 1.29 is 24.2 Å². The van der Waals surface area contributed by atoms with Crippen molar-refractivity contribution in [1.82, 2.24) is 20.0 Å². The second-order valence-electron chi connectivity index (χ2n) is 7.64. The van der Waals surface area contributed by atoms with E-state index in [1.807, 2.05) is 6.07 Å². The number of carboxylic acids is 1. The largest absolute Gasteiger partial charge is 0.476 e. The number of hydrogen-bond acceptors (Lipinski definition) is 5. The number of carboxylic acid groups (broad SMARTS) is 1. The Labute approximate surface area is 173 Å². The van der Waals surface area contributed by atoms with Gasteiger partial charge in [0.05, 0.1) is 5.69 Å². The van der Waals surface area contributed by atoms with Crippen LogP contribution < -0.4 is 10.1 Å². The average molecular weight is 412 g/mol. The molecule has 30 heavy (non-hydrogen) atoms. The number of para-hydroxylation sites is 1. The Morgan fingerprint density at radius 2 is 1.93 bits per heavy atom. The Balaban J connectivity index is 1.42. The van der Waals surface area contributed by atoms with E-state index in [2.05, 4.69) is 10.4 Å². The fourth-order valence-corrected chi connectivity index (χ4v) is 3.57. The minimum absolute atomic E-state index is 0.116. The van der Waals surface area contributed by atoms with Gasteiger partial charge in [0.25, 0.3) is 5.91 Å². The van der Waals surface area contributed by atoms with Crippen LogP contribution >= 0.6 is 0 Å². The Kier molecular flexibility index (Phi) is 5.69. The lowest BCUT2D eigenvalue weighted by Crippen LogP contribution is -2.47. The first kappa shape index (κ1) is 19.9. The minimum atomic E-state index is -1.19. The van der Waals surface area contributed by atoms with Crippen molar-refractivity contribution in [1.29, 1.82) is 0 Å². The summed E-state index contributed by atoms with van der Waals surface area (Å²) >= 11 is 0. The summed E-state index contributed by atoms with van der Waals surface area (Å²) in [5, 5.41) is 16.2. The quantitative estimate of drug-likeness (QED) is 0.679. The number of hydrogen-bond donors (Lipinski definition) is 2. The zero-order valence-corrected chi connectivity index (χ0v) is 16.5. The maximum atomic E-state index is 12.7. The van der Waals surface area contributed by atoms with Gasteiger partial charge in [-0.2, -0.15) is 5.10 Å². The van der Waals surface area contributed by atoms with E-state index < -0.39 is 12.0 Å². The normalized spacial score (nSPS) is 18.3. The number of amides is 2. The third-order valence-electron chi connectivity index (χ3n) is 5.38. The van der Waals surface area contributed by atoms with Gasteiger partial charge in [0.15, 0.2) is 12.3 Å². The van der Waals surface area contributed by atoms with Crippen LogP contribution in [0.2, 0.25) is 0 Å². The van der Waals surface area contributed by atoms with Crippen molar-refractivity contribution in [3.05, 3.63) is 42.1 Å². The Morgan fingerprint density at radius 3 is 2.63 bits per heavy atom. The fraction of sp³-hybridized carbons (Fsp3) is 0.429. The Morgan fingerprint density at radius 1 is 1.17 bits per heavy atom. The van der Waals surface area contributed by atoms with E-state index >= 15 is 0 Å². The van der Waals surface area contributed by atoms with Crippen molar-refractivity contribution >= 4 is 17.8 Å². The first-order valence-electron chi connectivity index (χ1n) is 10.1. The number of likely N-dealkylation sites (tertiary alicyclic amines) is 1. The molecule has 1 atom stereocenters. The van der Waals surface area contributed by atoms with Crippen molar-refractivity contribution in [2.24, 2.45) is 5.92 Å². The predicted octanol–water partition coefficient (Wildman–Crippen LogP) is 1.47. The van der Waals surface area contributed by atoms with Gasteiger partial charge in [-0.1, -0.05) is 18.2 Å². The van der Waals surface area contributed by atoms with Gasteiger partial charge in [-0.25, -0.2) is 9.48 Å². The third kappa shape index (κ3) is 4.45. The van der Waals surface area contributed by atoms with Gasteiger partial charge in [-0.3, -0.25) is 9.59 Å². The number of benzene rings is 1. The zero-order chi connectivity index (χ0) is 21.1. The van der Waals surface area contributed by atoms with Gasteiger partial charge in [-0.15, -0.1) is 0 Å². The molecule has 1 aliphatic heterocycles. The van der Waals surface area contributed by atoms with Crippen LogP contribution in [0, 0.1) is 5.92 Å². The molecule has 1 saturated carbocycles.